The standard InChI is InChI=1S/C8H9N3O2S.C8H8O/c9-10-8(14)11-13-7(12)6-4-2-1-3-5-6;1-7(9)8-5-3-2-4-6-8/h1-5H,9H2,(H2,10,11,14);2-6H,1H3. The molecule has 2 aromatic rings. The van der Waals surface area contributed by atoms with Crippen LogP contribution >= 0.6 is 12.2 Å². The number of carbonyl (C=O) groups excluding carboxylic acids is 2. The molecule has 2 rings (SSSR count). The van der Waals surface area contributed by atoms with Crippen LogP contribution in [0.2, 0.25) is 0 Å². The highest BCUT2D eigenvalue weighted by molar-refractivity contribution is 7.80. The average Bonchev–Trinajstić information content (AvgIpc) is 2.61. The zero-order chi connectivity index (χ0) is 17.1. The van der Waals surface area contributed by atoms with Crippen molar-refractivity contribution in [1.82, 2.24) is 10.9 Å². The molecule has 0 aliphatic heterocycles. The molecule has 0 aliphatic carbocycles. The number of Topliss-reactive ketones (excluding diaryl/α,β-unsaturated/α-hetero) is 1. The molecule has 23 heavy (non-hydrogen) atoms. The van der Waals surface area contributed by atoms with Crippen molar-refractivity contribution >= 4 is 29.1 Å². The largest absolute Gasteiger partial charge is 0.362 e. The molecule has 0 saturated carbocycles. The highest BCUT2D eigenvalue weighted by atomic mass is 32.1. The van der Waals surface area contributed by atoms with Crippen molar-refractivity contribution in [1.29, 1.82) is 0 Å². The lowest BCUT2D eigenvalue weighted by molar-refractivity contribution is 0.0385. The number of hydroxylamine groups is 1. The van der Waals surface area contributed by atoms with Crippen LogP contribution in [0.4, 0.5) is 0 Å². The van der Waals surface area contributed by atoms with Gasteiger partial charge < -0.3 is 4.84 Å². The van der Waals surface area contributed by atoms with Gasteiger partial charge in [0.2, 0.25) is 5.11 Å². The van der Waals surface area contributed by atoms with Gasteiger partial charge in [-0.25, -0.2) is 10.6 Å². The van der Waals surface area contributed by atoms with Crippen molar-refractivity contribution in [2.75, 3.05) is 0 Å². The fraction of sp³-hybridized carbons (Fsp3) is 0.0625. The van der Waals surface area contributed by atoms with Gasteiger partial charge >= 0.3 is 5.97 Å². The van der Waals surface area contributed by atoms with Crippen LogP contribution in [0.15, 0.2) is 60.7 Å². The summed E-state index contributed by atoms with van der Waals surface area (Å²) in [7, 11) is 0. The molecule has 2 aromatic carbocycles. The van der Waals surface area contributed by atoms with Gasteiger partial charge in [0.1, 0.15) is 0 Å². The van der Waals surface area contributed by atoms with Crippen LogP contribution in [-0.2, 0) is 4.84 Å². The first-order valence-corrected chi connectivity index (χ1v) is 7.04. The van der Waals surface area contributed by atoms with Gasteiger partial charge in [0.05, 0.1) is 5.56 Å². The quantitative estimate of drug-likeness (QED) is 0.335. The monoisotopic (exact) mass is 331 g/mol. The maximum absolute atomic E-state index is 11.3. The predicted molar refractivity (Wildman–Crippen MR) is 91.4 cm³/mol. The van der Waals surface area contributed by atoms with E-state index in [4.69, 9.17) is 5.84 Å². The van der Waals surface area contributed by atoms with Gasteiger partial charge in [-0.05, 0) is 31.3 Å². The number of hydrogen-bond acceptors (Lipinski definition) is 5. The Morgan fingerprint density at radius 1 is 0.957 bits per heavy atom. The van der Waals surface area contributed by atoms with Crippen molar-refractivity contribution in [3.63, 3.8) is 0 Å². The Balaban J connectivity index is 0.000000253. The molecule has 0 fully saturated rings. The summed E-state index contributed by atoms with van der Waals surface area (Å²) in [6, 6.07) is 17.7. The molecule has 0 amide bonds. The van der Waals surface area contributed by atoms with Crippen LogP contribution in [0.3, 0.4) is 0 Å². The van der Waals surface area contributed by atoms with Crippen molar-refractivity contribution in [2.24, 2.45) is 5.84 Å². The summed E-state index contributed by atoms with van der Waals surface area (Å²) < 4.78 is 0. The number of benzene rings is 2. The van der Waals surface area contributed by atoms with Gasteiger partial charge in [-0.2, -0.15) is 5.48 Å². The van der Waals surface area contributed by atoms with E-state index in [1.807, 2.05) is 30.3 Å². The van der Waals surface area contributed by atoms with Crippen LogP contribution < -0.4 is 16.7 Å². The molecule has 0 unspecified atom stereocenters. The van der Waals surface area contributed by atoms with Crippen molar-refractivity contribution < 1.29 is 14.4 Å². The highest BCUT2D eigenvalue weighted by Crippen LogP contribution is 1.99. The number of rotatable bonds is 2. The number of hydrazine groups is 1. The van der Waals surface area contributed by atoms with E-state index in [1.54, 1.807) is 37.3 Å². The van der Waals surface area contributed by atoms with E-state index in [1.165, 1.54) is 0 Å². The third-order valence-electron chi connectivity index (χ3n) is 2.56. The summed E-state index contributed by atoms with van der Waals surface area (Å²) in [6.45, 7) is 1.56. The van der Waals surface area contributed by atoms with Gasteiger partial charge in [-0.3, -0.25) is 10.2 Å². The molecule has 0 aliphatic rings. The lowest BCUT2D eigenvalue weighted by Crippen LogP contribution is -2.40. The van der Waals surface area contributed by atoms with Crippen LogP contribution in [-0.4, -0.2) is 16.9 Å². The predicted octanol–water partition coefficient (Wildman–Crippen LogP) is 1.99. The van der Waals surface area contributed by atoms with Gasteiger partial charge in [0.25, 0.3) is 0 Å². The number of nitrogens with two attached hydrogens (primary N) is 1. The highest BCUT2D eigenvalue weighted by Gasteiger charge is 2.06. The normalized spacial score (nSPS) is 8.96. The second-order valence-corrected chi connectivity index (χ2v) is 4.66. The summed E-state index contributed by atoms with van der Waals surface area (Å²) in [5.41, 5.74) is 5.50. The Hall–Kier alpha value is -2.77. The molecular weight excluding hydrogens is 314 g/mol. The molecule has 0 spiro atoms. The summed E-state index contributed by atoms with van der Waals surface area (Å²) in [4.78, 5) is 26.5. The molecule has 6 nitrogen and oxygen atoms in total. The first-order chi connectivity index (χ1) is 11.0. The molecule has 120 valence electrons. The van der Waals surface area contributed by atoms with Crippen molar-refractivity contribution in [3.05, 3.63) is 71.8 Å². The molecule has 7 heteroatoms. The van der Waals surface area contributed by atoms with Crippen LogP contribution in [0.5, 0.6) is 0 Å². The fourth-order valence-corrected chi connectivity index (χ4v) is 1.47. The molecular formula is C16H17N3O3S. The molecule has 0 radical (unpaired) electrons. The maximum Gasteiger partial charge on any atom is 0.362 e. The number of nitrogens with one attached hydrogen (secondary N) is 2. The van der Waals surface area contributed by atoms with E-state index in [0.29, 0.717) is 5.56 Å². The van der Waals surface area contributed by atoms with E-state index in [0.717, 1.165) is 5.56 Å². The SMILES string of the molecule is CC(=O)c1ccccc1.NNC(=S)NOC(=O)c1ccccc1. The van der Waals surface area contributed by atoms with Gasteiger partial charge in [-0.1, -0.05) is 48.5 Å². The Labute approximate surface area is 139 Å². The Bertz CT molecular complexity index is 648. The van der Waals surface area contributed by atoms with E-state index in [-0.39, 0.29) is 10.9 Å². The number of ketones is 1. The minimum absolute atomic E-state index is 0.0364. The first kappa shape index (κ1) is 18.3. The molecule has 4 N–H and O–H groups in total. The zero-order valence-electron chi connectivity index (χ0n) is 12.5. The Morgan fingerprint density at radius 2 is 1.43 bits per heavy atom. The van der Waals surface area contributed by atoms with E-state index >= 15 is 0 Å². The Kier molecular flexibility index (Phi) is 7.98. The number of hydrogen-bond donors (Lipinski definition) is 3. The topological polar surface area (TPSA) is 93.5 Å². The Morgan fingerprint density at radius 3 is 1.83 bits per heavy atom. The van der Waals surface area contributed by atoms with Gasteiger partial charge in [-0.15, -0.1) is 0 Å². The van der Waals surface area contributed by atoms with Crippen molar-refractivity contribution in [2.45, 2.75) is 6.92 Å². The second kappa shape index (κ2) is 10.0. The summed E-state index contributed by atoms with van der Waals surface area (Å²) in [5.74, 6) is 4.55. The minimum atomic E-state index is -0.525. The zero-order valence-corrected chi connectivity index (χ0v) is 13.3. The number of thiocarbonyl (C=S) groups is 1. The molecule has 0 heterocycles. The lowest BCUT2D eigenvalue weighted by Gasteiger charge is -2.06. The third-order valence-corrected chi connectivity index (χ3v) is 2.76. The minimum Gasteiger partial charge on any atom is -0.336 e. The number of carbonyl (C=O) groups is 2. The molecule has 0 bridgehead atoms. The van der Waals surface area contributed by atoms with Gasteiger partial charge in [0.15, 0.2) is 5.78 Å². The summed E-state index contributed by atoms with van der Waals surface area (Å²) in [6.07, 6.45) is 0. The summed E-state index contributed by atoms with van der Waals surface area (Å²) >= 11 is 4.60. The lowest BCUT2D eigenvalue weighted by atomic mass is 10.2. The van der Waals surface area contributed by atoms with E-state index in [2.05, 4.69) is 28.0 Å². The van der Waals surface area contributed by atoms with Crippen molar-refractivity contribution in [3.8, 4) is 0 Å². The molecule has 0 saturated heterocycles. The van der Waals surface area contributed by atoms with E-state index in [9.17, 15) is 9.59 Å². The third kappa shape index (κ3) is 7.16. The first-order valence-electron chi connectivity index (χ1n) is 6.63. The molecule has 0 atom stereocenters. The smallest absolute Gasteiger partial charge is 0.336 e. The average molecular weight is 331 g/mol. The van der Waals surface area contributed by atoms with E-state index < -0.39 is 5.97 Å². The maximum atomic E-state index is 11.3. The van der Waals surface area contributed by atoms with Crippen LogP contribution in [0, 0.1) is 0 Å². The molecule has 0 aromatic heterocycles. The van der Waals surface area contributed by atoms with Crippen LogP contribution in [0.25, 0.3) is 0 Å². The second-order valence-electron chi connectivity index (χ2n) is 4.25. The summed E-state index contributed by atoms with van der Waals surface area (Å²) in [5, 5.41) is 0.0364. The fourth-order valence-electron chi connectivity index (χ4n) is 1.43. The van der Waals surface area contributed by atoms with Crippen LogP contribution in [0.1, 0.15) is 27.6 Å². The van der Waals surface area contributed by atoms with Gasteiger partial charge in [0, 0.05) is 5.56 Å².